The van der Waals surface area contributed by atoms with E-state index in [0.29, 0.717) is 24.6 Å². The summed E-state index contributed by atoms with van der Waals surface area (Å²) < 4.78 is 13.9. The summed E-state index contributed by atoms with van der Waals surface area (Å²) in [7, 11) is 3.84. The van der Waals surface area contributed by atoms with E-state index >= 15 is 0 Å². The fourth-order valence-electron chi connectivity index (χ4n) is 1.83. The average molecular weight is 274 g/mol. The molecular formula is C15H19FN4. The lowest BCUT2D eigenvalue weighted by atomic mass is 10.1. The lowest BCUT2D eigenvalue weighted by Crippen LogP contribution is -2.12. The topological polar surface area (TPSA) is 41.1 Å². The number of hydrogen-bond acceptors (Lipinski definition) is 4. The minimum atomic E-state index is -0.178. The van der Waals surface area contributed by atoms with E-state index in [1.807, 2.05) is 38.1 Å². The van der Waals surface area contributed by atoms with E-state index in [0.717, 1.165) is 11.1 Å². The van der Waals surface area contributed by atoms with Gasteiger partial charge in [0.1, 0.15) is 5.82 Å². The van der Waals surface area contributed by atoms with Gasteiger partial charge in [0, 0.05) is 31.0 Å². The van der Waals surface area contributed by atoms with Crippen molar-refractivity contribution in [2.75, 3.05) is 19.4 Å². The molecule has 1 heterocycles. The lowest BCUT2D eigenvalue weighted by molar-refractivity contribution is 0.392. The molecule has 1 N–H and O–H groups in total. The van der Waals surface area contributed by atoms with Gasteiger partial charge in [0.25, 0.3) is 0 Å². The minimum absolute atomic E-state index is 0.178. The summed E-state index contributed by atoms with van der Waals surface area (Å²) in [6, 6.07) is 5.30. The molecule has 0 saturated heterocycles. The standard InChI is InChI=1S/C15H19FN4/c1-11-7-17-15(18-8-11)19-9-12-4-5-13(10-20(2)3)14(16)6-12/h4-8H,9-10H2,1-3H3,(H,17,18,19). The van der Waals surface area contributed by atoms with E-state index < -0.39 is 0 Å². The third kappa shape index (κ3) is 3.99. The van der Waals surface area contributed by atoms with Gasteiger partial charge in [0.15, 0.2) is 0 Å². The summed E-state index contributed by atoms with van der Waals surface area (Å²) in [5.74, 6) is 0.371. The first-order chi connectivity index (χ1) is 9.54. The highest BCUT2D eigenvalue weighted by Gasteiger charge is 2.05. The molecule has 0 fully saturated rings. The maximum Gasteiger partial charge on any atom is 0.222 e. The van der Waals surface area contributed by atoms with Gasteiger partial charge in [0.05, 0.1) is 0 Å². The van der Waals surface area contributed by atoms with Crippen LogP contribution in [0.5, 0.6) is 0 Å². The number of nitrogens with one attached hydrogen (secondary N) is 1. The number of nitrogens with zero attached hydrogens (tertiary/aromatic N) is 3. The van der Waals surface area contributed by atoms with Gasteiger partial charge in [-0.15, -0.1) is 0 Å². The molecule has 0 saturated carbocycles. The summed E-state index contributed by atoms with van der Waals surface area (Å²) in [6.07, 6.45) is 3.49. The molecule has 0 bridgehead atoms. The smallest absolute Gasteiger partial charge is 0.222 e. The Labute approximate surface area is 118 Å². The van der Waals surface area contributed by atoms with Crippen molar-refractivity contribution in [1.82, 2.24) is 14.9 Å². The Morgan fingerprint density at radius 3 is 2.50 bits per heavy atom. The molecule has 106 valence electrons. The van der Waals surface area contributed by atoms with Crippen molar-refractivity contribution in [3.63, 3.8) is 0 Å². The Balaban J connectivity index is 1.99. The highest BCUT2D eigenvalue weighted by Crippen LogP contribution is 2.13. The van der Waals surface area contributed by atoms with Gasteiger partial charge in [0.2, 0.25) is 5.95 Å². The van der Waals surface area contributed by atoms with Crippen LogP contribution in [0.1, 0.15) is 16.7 Å². The van der Waals surface area contributed by atoms with E-state index in [4.69, 9.17) is 0 Å². The second-order valence-corrected chi connectivity index (χ2v) is 5.10. The zero-order valence-corrected chi connectivity index (χ0v) is 12.0. The van der Waals surface area contributed by atoms with Crippen LogP contribution in [-0.2, 0) is 13.1 Å². The summed E-state index contributed by atoms with van der Waals surface area (Å²) in [5.41, 5.74) is 2.58. The summed E-state index contributed by atoms with van der Waals surface area (Å²) in [5, 5.41) is 3.08. The monoisotopic (exact) mass is 274 g/mol. The molecule has 5 heteroatoms. The number of benzene rings is 1. The van der Waals surface area contributed by atoms with E-state index in [1.54, 1.807) is 18.5 Å². The molecule has 1 aromatic heterocycles. The quantitative estimate of drug-likeness (QED) is 0.910. The molecule has 0 amide bonds. The number of aromatic nitrogens is 2. The largest absolute Gasteiger partial charge is 0.350 e. The van der Waals surface area contributed by atoms with Gasteiger partial charge in [-0.2, -0.15) is 0 Å². The number of aryl methyl sites for hydroxylation is 1. The van der Waals surface area contributed by atoms with Gasteiger partial charge in [-0.25, -0.2) is 14.4 Å². The van der Waals surface area contributed by atoms with Crippen molar-refractivity contribution >= 4 is 5.95 Å². The zero-order chi connectivity index (χ0) is 14.5. The molecule has 2 aromatic rings. The van der Waals surface area contributed by atoms with Crippen molar-refractivity contribution in [3.8, 4) is 0 Å². The third-order valence-corrected chi connectivity index (χ3v) is 2.84. The second-order valence-electron chi connectivity index (χ2n) is 5.10. The first-order valence-electron chi connectivity index (χ1n) is 6.49. The van der Waals surface area contributed by atoms with Crippen LogP contribution in [0, 0.1) is 12.7 Å². The van der Waals surface area contributed by atoms with Crippen LogP contribution in [0.3, 0.4) is 0 Å². The molecule has 0 unspecified atom stereocenters. The van der Waals surface area contributed by atoms with Crippen LogP contribution < -0.4 is 5.32 Å². The predicted molar refractivity (Wildman–Crippen MR) is 77.9 cm³/mol. The third-order valence-electron chi connectivity index (χ3n) is 2.84. The van der Waals surface area contributed by atoms with E-state index in [1.165, 1.54) is 0 Å². The lowest BCUT2D eigenvalue weighted by Gasteiger charge is -2.11. The van der Waals surface area contributed by atoms with Crippen molar-refractivity contribution < 1.29 is 4.39 Å². The Hall–Kier alpha value is -2.01. The van der Waals surface area contributed by atoms with Crippen LogP contribution in [0.4, 0.5) is 10.3 Å². The minimum Gasteiger partial charge on any atom is -0.350 e. The van der Waals surface area contributed by atoms with E-state index in [2.05, 4.69) is 15.3 Å². The van der Waals surface area contributed by atoms with E-state index in [9.17, 15) is 4.39 Å². The van der Waals surface area contributed by atoms with Crippen LogP contribution >= 0.6 is 0 Å². The molecular weight excluding hydrogens is 255 g/mol. The molecule has 20 heavy (non-hydrogen) atoms. The number of halogens is 1. The van der Waals surface area contributed by atoms with Gasteiger partial charge >= 0.3 is 0 Å². The second kappa shape index (κ2) is 6.43. The highest BCUT2D eigenvalue weighted by atomic mass is 19.1. The molecule has 4 nitrogen and oxygen atoms in total. The van der Waals surface area contributed by atoms with Crippen LogP contribution in [0.25, 0.3) is 0 Å². The number of anilines is 1. The molecule has 0 aliphatic carbocycles. The number of rotatable bonds is 5. The summed E-state index contributed by atoms with van der Waals surface area (Å²) in [6.45, 7) is 3.03. The molecule has 0 radical (unpaired) electrons. The number of hydrogen-bond donors (Lipinski definition) is 1. The van der Waals surface area contributed by atoms with Crippen LogP contribution in [-0.4, -0.2) is 29.0 Å². The van der Waals surface area contributed by atoms with Crippen molar-refractivity contribution in [3.05, 3.63) is 53.1 Å². The SMILES string of the molecule is Cc1cnc(NCc2ccc(CN(C)C)c(F)c2)nc1. The highest BCUT2D eigenvalue weighted by molar-refractivity contribution is 5.30. The van der Waals surface area contributed by atoms with Crippen molar-refractivity contribution in [2.24, 2.45) is 0 Å². The van der Waals surface area contributed by atoms with E-state index in [-0.39, 0.29) is 5.82 Å². The Kier molecular flexibility index (Phi) is 4.63. The predicted octanol–water partition coefficient (Wildman–Crippen LogP) is 2.60. The fourth-order valence-corrected chi connectivity index (χ4v) is 1.83. The average Bonchev–Trinajstić information content (AvgIpc) is 2.40. The Morgan fingerprint density at radius 2 is 1.90 bits per heavy atom. The maximum absolute atomic E-state index is 13.9. The summed E-state index contributed by atoms with van der Waals surface area (Å²) >= 11 is 0. The van der Waals surface area contributed by atoms with Crippen LogP contribution in [0.15, 0.2) is 30.6 Å². The van der Waals surface area contributed by atoms with Gasteiger partial charge in [-0.1, -0.05) is 12.1 Å². The molecule has 0 spiro atoms. The molecule has 0 aliphatic heterocycles. The van der Waals surface area contributed by atoms with Crippen molar-refractivity contribution in [1.29, 1.82) is 0 Å². The van der Waals surface area contributed by atoms with Gasteiger partial charge < -0.3 is 10.2 Å². The Bertz CT molecular complexity index is 567. The maximum atomic E-state index is 13.9. The summed E-state index contributed by atoms with van der Waals surface area (Å²) in [4.78, 5) is 10.2. The first kappa shape index (κ1) is 14.4. The van der Waals surface area contributed by atoms with Crippen molar-refractivity contribution in [2.45, 2.75) is 20.0 Å². The molecule has 0 aliphatic rings. The Morgan fingerprint density at radius 1 is 1.20 bits per heavy atom. The molecule has 1 aromatic carbocycles. The fraction of sp³-hybridized carbons (Fsp3) is 0.333. The first-order valence-corrected chi connectivity index (χ1v) is 6.49. The zero-order valence-electron chi connectivity index (χ0n) is 12.0. The van der Waals surface area contributed by atoms with Gasteiger partial charge in [-0.05, 0) is 38.2 Å². The van der Waals surface area contributed by atoms with Gasteiger partial charge in [-0.3, -0.25) is 0 Å². The normalized spacial score (nSPS) is 10.8. The molecule has 0 atom stereocenters. The van der Waals surface area contributed by atoms with Crippen LogP contribution in [0.2, 0.25) is 0 Å². The molecule has 2 rings (SSSR count).